The molecule has 0 spiro atoms. The van der Waals surface area contributed by atoms with Crippen LogP contribution in [-0.4, -0.2) is 64.1 Å². The maximum absolute atomic E-state index is 13.1. The van der Waals surface area contributed by atoms with Crippen LogP contribution in [0.2, 0.25) is 0 Å². The van der Waals surface area contributed by atoms with Crippen LogP contribution in [0.3, 0.4) is 0 Å². The van der Waals surface area contributed by atoms with E-state index in [2.05, 4.69) is 20.1 Å². The van der Waals surface area contributed by atoms with Crippen molar-refractivity contribution in [3.05, 3.63) is 47.4 Å². The van der Waals surface area contributed by atoms with Crippen LogP contribution in [0, 0.1) is 0 Å². The van der Waals surface area contributed by atoms with E-state index < -0.39 is 0 Å². The summed E-state index contributed by atoms with van der Waals surface area (Å²) in [6.45, 7) is 4.06. The second-order valence-corrected chi connectivity index (χ2v) is 7.64. The molecule has 158 valence electrons. The van der Waals surface area contributed by atoms with Gasteiger partial charge in [0.1, 0.15) is 5.69 Å². The van der Waals surface area contributed by atoms with Gasteiger partial charge >= 0.3 is 0 Å². The molecule has 3 aliphatic rings. The number of carbonyl (C=O) groups is 1. The molecule has 1 amide bonds. The molecule has 0 radical (unpaired) electrons. The Bertz CT molecular complexity index is 1160. The van der Waals surface area contributed by atoms with Gasteiger partial charge in [-0.05, 0) is 24.3 Å². The Morgan fingerprint density at radius 2 is 1.94 bits per heavy atom. The maximum Gasteiger partial charge on any atom is 0.272 e. The van der Waals surface area contributed by atoms with Gasteiger partial charge in [-0.1, -0.05) is 0 Å². The lowest BCUT2D eigenvalue weighted by Gasteiger charge is -2.26. The van der Waals surface area contributed by atoms with Gasteiger partial charge in [-0.3, -0.25) is 9.89 Å². The zero-order valence-electron chi connectivity index (χ0n) is 16.7. The minimum absolute atomic E-state index is 0.120. The number of aromatic nitrogens is 4. The van der Waals surface area contributed by atoms with Gasteiger partial charge in [-0.25, -0.2) is 9.97 Å². The Balaban J connectivity index is 1.18. The fourth-order valence-electron chi connectivity index (χ4n) is 4.01. The Morgan fingerprint density at radius 1 is 1.06 bits per heavy atom. The van der Waals surface area contributed by atoms with Gasteiger partial charge in [-0.2, -0.15) is 5.10 Å². The molecule has 1 aromatic carbocycles. The van der Waals surface area contributed by atoms with E-state index in [4.69, 9.17) is 19.2 Å². The third-order valence-electron chi connectivity index (χ3n) is 5.70. The molecule has 0 atom stereocenters. The Labute approximate surface area is 177 Å². The standard InChI is InChI=1S/C21H20N6O4/c28-20(16-8-15(24-25-16)13-1-2-18-19(7-13)31-12-30-18)27-10-14-9-22-21(23-17(14)11-27)26-3-5-29-6-4-26/h1-2,7-9H,3-6,10-12H2,(H,24,25). The van der Waals surface area contributed by atoms with Crippen molar-refractivity contribution < 1.29 is 19.0 Å². The molecule has 0 aliphatic carbocycles. The van der Waals surface area contributed by atoms with Crippen molar-refractivity contribution >= 4 is 11.9 Å². The second kappa shape index (κ2) is 7.24. The quantitative estimate of drug-likeness (QED) is 0.681. The number of morpholine rings is 1. The van der Waals surface area contributed by atoms with Crippen LogP contribution >= 0.6 is 0 Å². The maximum atomic E-state index is 13.1. The van der Waals surface area contributed by atoms with Gasteiger partial charge in [0.2, 0.25) is 12.7 Å². The predicted molar refractivity (Wildman–Crippen MR) is 109 cm³/mol. The SMILES string of the molecule is O=C(c1cc(-c2ccc3c(c2)OCO3)n[nH]1)N1Cc2cnc(N3CCOCC3)nc2C1. The molecule has 0 saturated carbocycles. The van der Waals surface area contributed by atoms with Crippen molar-refractivity contribution in [2.75, 3.05) is 38.0 Å². The number of hydrogen-bond donors (Lipinski definition) is 1. The van der Waals surface area contributed by atoms with Crippen LogP contribution in [-0.2, 0) is 17.8 Å². The number of carbonyl (C=O) groups excluding carboxylic acids is 1. The zero-order valence-corrected chi connectivity index (χ0v) is 16.7. The van der Waals surface area contributed by atoms with Crippen LogP contribution in [0.1, 0.15) is 21.7 Å². The summed E-state index contributed by atoms with van der Waals surface area (Å²) in [6, 6.07) is 7.36. The third kappa shape index (κ3) is 3.25. The van der Waals surface area contributed by atoms with Gasteiger partial charge < -0.3 is 24.0 Å². The summed E-state index contributed by atoms with van der Waals surface area (Å²) in [6.07, 6.45) is 1.82. The van der Waals surface area contributed by atoms with Crippen molar-refractivity contribution in [2.24, 2.45) is 0 Å². The fourth-order valence-corrected chi connectivity index (χ4v) is 4.01. The van der Waals surface area contributed by atoms with E-state index in [9.17, 15) is 4.79 Å². The number of hydrogen-bond acceptors (Lipinski definition) is 8. The lowest BCUT2D eigenvalue weighted by molar-refractivity contribution is 0.0744. The molecule has 31 heavy (non-hydrogen) atoms. The minimum atomic E-state index is -0.120. The highest BCUT2D eigenvalue weighted by Gasteiger charge is 2.28. The summed E-state index contributed by atoms with van der Waals surface area (Å²) < 4.78 is 16.2. The first-order chi connectivity index (χ1) is 15.2. The molecule has 0 unspecified atom stereocenters. The molecular weight excluding hydrogens is 400 g/mol. The highest BCUT2D eigenvalue weighted by Crippen LogP contribution is 2.35. The number of amides is 1. The van der Waals surface area contributed by atoms with Crippen molar-refractivity contribution in [1.82, 2.24) is 25.1 Å². The number of benzene rings is 1. The first-order valence-electron chi connectivity index (χ1n) is 10.2. The van der Waals surface area contributed by atoms with Gasteiger partial charge in [0, 0.05) is 37.0 Å². The predicted octanol–water partition coefficient (Wildman–Crippen LogP) is 1.59. The number of ether oxygens (including phenoxy) is 3. The number of anilines is 1. The molecule has 3 aromatic rings. The smallest absolute Gasteiger partial charge is 0.272 e. The molecule has 1 saturated heterocycles. The monoisotopic (exact) mass is 420 g/mol. The van der Waals surface area contributed by atoms with Crippen molar-refractivity contribution in [3.8, 4) is 22.8 Å². The van der Waals surface area contributed by atoms with E-state index in [0.29, 0.717) is 55.1 Å². The van der Waals surface area contributed by atoms with Gasteiger partial charge in [0.15, 0.2) is 11.5 Å². The Kier molecular flexibility index (Phi) is 4.23. The summed E-state index contributed by atoms with van der Waals surface area (Å²) in [5.41, 5.74) is 3.82. The number of aromatic amines is 1. The van der Waals surface area contributed by atoms with Crippen molar-refractivity contribution in [1.29, 1.82) is 0 Å². The highest BCUT2D eigenvalue weighted by molar-refractivity contribution is 5.93. The molecule has 1 N–H and O–H groups in total. The van der Waals surface area contributed by atoms with Crippen LogP contribution < -0.4 is 14.4 Å². The zero-order chi connectivity index (χ0) is 20.8. The van der Waals surface area contributed by atoms with Crippen LogP contribution in [0.5, 0.6) is 11.5 Å². The summed E-state index contributed by atoms with van der Waals surface area (Å²) in [5, 5.41) is 7.18. The summed E-state index contributed by atoms with van der Waals surface area (Å²) in [5.74, 6) is 1.97. The molecule has 5 heterocycles. The lowest BCUT2D eigenvalue weighted by atomic mass is 10.1. The molecule has 2 aromatic heterocycles. The van der Waals surface area contributed by atoms with E-state index in [0.717, 1.165) is 29.9 Å². The first kappa shape index (κ1) is 18.1. The van der Waals surface area contributed by atoms with E-state index in [-0.39, 0.29) is 12.7 Å². The van der Waals surface area contributed by atoms with E-state index in [1.54, 1.807) is 11.0 Å². The molecule has 10 nitrogen and oxygen atoms in total. The molecule has 0 bridgehead atoms. The van der Waals surface area contributed by atoms with Gasteiger partial charge in [-0.15, -0.1) is 0 Å². The molecule has 6 rings (SSSR count). The topological polar surface area (TPSA) is 106 Å². The first-order valence-corrected chi connectivity index (χ1v) is 10.2. The number of fused-ring (bicyclic) bond motifs is 2. The Morgan fingerprint density at radius 3 is 2.84 bits per heavy atom. The van der Waals surface area contributed by atoms with E-state index >= 15 is 0 Å². The lowest BCUT2D eigenvalue weighted by Crippen LogP contribution is -2.37. The third-order valence-corrected chi connectivity index (χ3v) is 5.70. The highest BCUT2D eigenvalue weighted by atomic mass is 16.7. The average molecular weight is 420 g/mol. The van der Waals surface area contributed by atoms with E-state index in [1.165, 1.54) is 0 Å². The molecule has 10 heteroatoms. The van der Waals surface area contributed by atoms with Crippen LogP contribution in [0.25, 0.3) is 11.3 Å². The van der Waals surface area contributed by atoms with Gasteiger partial charge in [0.05, 0.1) is 31.1 Å². The Hall–Kier alpha value is -3.66. The van der Waals surface area contributed by atoms with Crippen molar-refractivity contribution in [3.63, 3.8) is 0 Å². The number of nitrogens with one attached hydrogen (secondary N) is 1. The fraction of sp³-hybridized carbons (Fsp3) is 0.333. The van der Waals surface area contributed by atoms with Crippen LogP contribution in [0.4, 0.5) is 5.95 Å². The second-order valence-electron chi connectivity index (χ2n) is 7.64. The molecule has 3 aliphatic heterocycles. The summed E-state index contributed by atoms with van der Waals surface area (Å²) >= 11 is 0. The van der Waals surface area contributed by atoms with Crippen molar-refractivity contribution in [2.45, 2.75) is 13.1 Å². The normalized spacial score (nSPS) is 17.2. The molecular formula is C21H20N6O4. The van der Waals surface area contributed by atoms with E-state index in [1.807, 2.05) is 24.4 Å². The number of rotatable bonds is 3. The summed E-state index contributed by atoms with van der Waals surface area (Å²) in [4.78, 5) is 26.1. The average Bonchev–Trinajstić information content (AvgIpc) is 3.57. The summed E-state index contributed by atoms with van der Waals surface area (Å²) in [7, 11) is 0. The molecule has 1 fully saturated rings. The van der Waals surface area contributed by atoms with Crippen LogP contribution in [0.15, 0.2) is 30.5 Å². The minimum Gasteiger partial charge on any atom is -0.454 e. The number of nitrogens with zero attached hydrogens (tertiary/aromatic N) is 5. The largest absolute Gasteiger partial charge is 0.454 e. The number of H-pyrrole nitrogens is 1. The van der Waals surface area contributed by atoms with Gasteiger partial charge in [0.25, 0.3) is 5.91 Å².